The second-order valence-corrected chi connectivity index (χ2v) is 13.3. The van der Waals surface area contributed by atoms with E-state index in [0.29, 0.717) is 46.2 Å². The number of nitrogens with zero attached hydrogens (tertiary/aromatic N) is 2. The quantitative estimate of drug-likeness (QED) is 0.0775. The van der Waals surface area contributed by atoms with Crippen LogP contribution in [0.3, 0.4) is 0 Å². The lowest BCUT2D eigenvalue weighted by Gasteiger charge is -2.32. The maximum absolute atomic E-state index is 13.8. The molecule has 0 fully saturated rings. The Morgan fingerprint density at radius 3 is 1.06 bits per heavy atom. The molecule has 0 atom stereocenters. The van der Waals surface area contributed by atoms with Gasteiger partial charge >= 0.3 is 0 Å². The van der Waals surface area contributed by atoms with Crippen LogP contribution in [0.5, 0.6) is 0 Å². The summed E-state index contributed by atoms with van der Waals surface area (Å²) < 4.78 is 11.6. The van der Waals surface area contributed by atoms with Crippen LogP contribution in [0.2, 0.25) is 0 Å². The van der Waals surface area contributed by atoms with Gasteiger partial charge in [0.15, 0.2) is 0 Å². The molecule has 0 N–H and O–H groups in total. The van der Waals surface area contributed by atoms with Gasteiger partial charge in [0.1, 0.15) is 0 Å². The Labute approximate surface area is 294 Å². The topological polar surface area (TPSA) is 93.2 Å². The van der Waals surface area contributed by atoms with Gasteiger partial charge in [0, 0.05) is 46.2 Å². The van der Waals surface area contributed by atoms with E-state index in [1.54, 1.807) is 24.3 Å². The molecule has 6 rings (SSSR count). The largest absolute Gasteiger partial charge is 0.377 e. The standard InChI is InChI=1S/C42H46N2O6/c1-3-5-7-9-23-49-27-31-15-11-29(12-16-31)25-43-39(45)33-19-21-35-38-36(22-20-34(37(33)38)40(43)46)42(48)44(41(35)47)26-30-13-17-32(18-14-30)28-50-24-10-8-6-4-2/h11-22H,3-10,23-28H2,1-2H3. The molecule has 8 heteroatoms. The Bertz CT molecular complexity index is 1660. The van der Waals surface area contributed by atoms with Gasteiger partial charge in [-0.1, -0.05) is 101 Å². The fraction of sp³-hybridized carbons (Fsp3) is 0.381. The van der Waals surface area contributed by atoms with Crippen LogP contribution in [0.15, 0.2) is 72.8 Å². The summed E-state index contributed by atoms with van der Waals surface area (Å²) in [5, 5.41) is 0.746. The van der Waals surface area contributed by atoms with Crippen LogP contribution in [0.1, 0.15) is 129 Å². The van der Waals surface area contributed by atoms with Crippen molar-refractivity contribution in [1.82, 2.24) is 9.80 Å². The molecule has 0 saturated carbocycles. The monoisotopic (exact) mass is 674 g/mol. The molecule has 8 nitrogen and oxygen atoms in total. The molecular weight excluding hydrogens is 628 g/mol. The van der Waals surface area contributed by atoms with Gasteiger partial charge in [-0.2, -0.15) is 0 Å². The zero-order valence-electron chi connectivity index (χ0n) is 29.2. The van der Waals surface area contributed by atoms with Gasteiger partial charge in [-0.3, -0.25) is 29.0 Å². The number of hydrogen-bond acceptors (Lipinski definition) is 6. The van der Waals surface area contributed by atoms with Gasteiger partial charge < -0.3 is 9.47 Å². The van der Waals surface area contributed by atoms with Crippen LogP contribution in [0, 0.1) is 0 Å². The van der Waals surface area contributed by atoms with Crippen molar-refractivity contribution in [2.75, 3.05) is 13.2 Å². The normalized spacial score (nSPS) is 14.0. The fourth-order valence-electron chi connectivity index (χ4n) is 6.75. The second kappa shape index (κ2) is 16.4. The van der Waals surface area contributed by atoms with Crippen molar-refractivity contribution in [2.45, 2.75) is 91.5 Å². The highest BCUT2D eigenvalue weighted by molar-refractivity contribution is 6.33. The van der Waals surface area contributed by atoms with Crippen molar-refractivity contribution in [3.63, 3.8) is 0 Å². The van der Waals surface area contributed by atoms with E-state index >= 15 is 0 Å². The van der Waals surface area contributed by atoms with E-state index in [9.17, 15) is 19.2 Å². The number of benzene rings is 4. The van der Waals surface area contributed by atoms with Crippen LogP contribution in [-0.2, 0) is 35.8 Å². The Hall–Kier alpha value is -4.66. The number of amides is 4. The van der Waals surface area contributed by atoms with Crippen LogP contribution in [0.4, 0.5) is 0 Å². The van der Waals surface area contributed by atoms with Crippen molar-refractivity contribution >= 4 is 34.4 Å². The molecular formula is C42H46N2O6. The number of carbonyl (C=O) groups is 4. The minimum absolute atomic E-state index is 0.107. The van der Waals surface area contributed by atoms with Crippen molar-refractivity contribution in [3.8, 4) is 0 Å². The van der Waals surface area contributed by atoms with E-state index in [1.165, 1.54) is 48.3 Å². The summed E-state index contributed by atoms with van der Waals surface area (Å²) in [7, 11) is 0. The van der Waals surface area contributed by atoms with Gasteiger partial charge in [-0.25, -0.2) is 0 Å². The van der Waals surface area contributed by atoms with Gasteiger partial charge in [-0.05, 0) is 59.4 Å². The Morgan fingerprint density at radius 2 is 0.740 bits per heavy atom. The number of ether oxygens (including phenoxy) is 2. The molecule has 50 heavy (non-hydrogen) atoms. The number of hydrogen-bond donors (Lipinski definition) is 0. The average Bonchev–Trinajstić information content (AvgIpc) is 3.14. The molecule has 0 radical (unpaired) electrons. The molecule has 4 aromatic rings. The first kappa shape index (κ1) is 35.2. The summed E-state index contributed by atoms with van der Waals surface area (Å²) >= 11 is 0. The predicted molar refractivity (Wildman–Crippen MR) is 193 cm³/mol. The lowest BCUT2D eigenvalue weighted by molar-refractivity contribution is 0.0577. The summed E-state index contributed by atoms with van der Waals surface area (Å²) in [6.07, 6.45) is 9.25. The van der Waals surface area contributed by atoms with E-state index < -0.39 is 23.6 Å². The SMILES string of the molecule is CCCCCCOCc1ccc(CN2C(=O)c3ccc4c5c(ccc(c35)C2=O)C(=O)N(Cc2ccc(COCCCCCC)cc2)C4=O)cc1. The number of imide groups is 2. The van der Waals surface area contributed by atoms with Crippen LogP contribution >= 0.6 is 0 Å². The minimum Gasteiger partial charge on any atom is -0.377 e. The maximum atomic E-state index is 13.8. The fourth-order valence-corrected chi connectivity index (χ4v) is 6.75. The second-order valence-electron chi connectivity index (χ2n) is 13.3. The first-order chi connectivity index (χ1) is 24.4. The van der Waals surface area contributed by atoms with Crippen LogP contribution in [0.25, 0.3) is 10.8 Å². The van der Waals surface area contributed by atoms with Crippen molar-refractivity contribution < 1.29 is 28.7 Å². The highest BCUT2D eigenvalue weighted by Crippen LogP contribution is 2.38. The third-order valence-corrected chi connectivity index (χ3v) is 9.61. The van der Waals surface area contributed by atoms with Crippen LogP contribution < -0.4 is 0 Å². The van der Waals surface area contributed by atoms with Gasteiger partial charge in [0.2, 0.25) is 0 Å². The molecule has 4 aromatic carbocycles. The molecule has 0 saturated heterocycles. The summed E-state index contributed by atoms with van der Waals surface area (Å²) in [4.78, 5) is 57.6. The van der Waals surface area contributed by atoms with Crippen molar-refractivity contribution in [1.29, 1.82) is 0 Å². The molecule has 0 bridgehead atoms. The number of unbranched alkanes of at least 4 members (excludes halogenated alkanes) is 6. The van der Waals surface area contributed by atoms with Gasteiger partial charge in [0.25, 0.3) is 23.6 Å². The molecule has 0 aromatic heterocycles. The number of carbonyl (C=O) groups excluding carboxylic acids is 4. The Balaban J connectivity index is 1.13. The summed E-state index contributed by atoms with van der Waals surface area (Å²) in [6.45, 7) is 7.08. The van der Waals surface area contributed by atoms with Crippen molar-refractivity contribution in [3.05, 3.63) is 117 Å². The van der Waals surface area contributed by atoms with E-state index in [-0.39, 0.29) is 13.1 Å². The lowest BCUT2D eigenvalue weighted by atomic mass is 9.85. The number of rotatable bonds is 18. The molecule has 2 aliphatic rings. The van der Waals surface area contributed by atoms with E-state index in [2.05, 4.69) is 13.8 Å². The zero-order valence-corrected chi connectivity index (χ0v) is 29.2. The molecule has 0 unspecified atom stereocenters. The summed E-state index contributed by atoms with van der Waals surface area (Å²) in [5.74, 6) is -1.79. The highest BCUT2D eigenvalue weighted by atomic mass is 16.5. The van der Waals surface area contributed by atoms with Gasteiger partial charge in [-0.15, -0.1) is 0 Å². The molecule has 2 aliphatic heterocycles. The smallest absolute Gasteiger partial charge is 0.261 e. The Morgan fingerprint density at radius 1 is 0.420 bits per heavy atom. The Kier molecular flexibility index (Phi) is 11.5. The molecule has 4 amide bonds. The summed E-state index contributed by atoms with van der Waals surface area (Å²) in [6, 6.07) is 21.9. The summed E-state index contributed by atoms with van der Waals surface area (Å²) in [5.41, 5.74) is 4.94. The highest BCUT2D eigenvalue weighted by Gasteiger charge is 2.39. The van der Waals surface area contributed by atoms with Crippen LogP contribution in [-0.4, -0.2) is 46.6 Å². The maximum Gasteiger partial charge on any atom is 0.261 e. The first-order valence-corrected chi connectivity index (χ1v) is 18.0. The average molecular weight is 675 g/mol. The van der Waals surface area contributed by atoms with E-state index in [4.69, 9.17) is 9.47 Å². The van der Waals surface area contributed by atoms with E-state index in [0.717, 1.165) is 48.3 Å². The molecule has 0 spiro atoms. The third-order valence-electron chi connectivity index (χ3n) is 9.61. The molecule has 2 heterocycles. The van der Waals surface area contributed by atoms with E-state index in [1.807, 2.05) is 48.5 Å². The predicted octanol–water partition coefficient (Wildman–Crippen LogP) is 8.63. The van der Waals surface area contributed by atoms with Gasteiger partial charge in [0.05, 0.1) is 26.3 Å². The lowest BCUT2D eigenvalue weighted by Crippen LogP contribution is -2.42. The third kappa shape index (κ3) is 7.57. The van der Waals surface area contributed by atoms with Crippen molar-refractivity contribution in [2.24, 2.45) is 0 Å². The first-order valence-electron chi connectivity index (χ1n) is 18.0. The zero-order chi connectivity index (χ0) is 35.0. The molecule has 260 valence electrons. The molecule has 0 aliphatic carbocycles. The minimum atomic E-state index is -0.446.